The summed E-state index contributed by atoms with van der Waals surface area (Å²) in [6.07, 6.45) is 3.33. The first-order valence-corrected chi connectivity index (χ1v) is 4.40. The average Bonchev–Trinajstić information content (AvgIpc) is 2.20. The molecule has 0 saturated heterocycles. The summed E-state index contributed by atoms with van der Waals surface area (Å²) in [5.74, 6) is -0.604. The zero-order valence-corrected chi connectivity index (χ0v) is 8.24. The Morgan fingerprint density at radius 3 is 2.93 bits per heavy atom. The van der Waals surface area contributed by atoms with Crippen LogP contribution in [-0.2, 0) is 0 Å². The molecule has 80 valence electrons. The van der Waals surface area contributed by atoms with Gasteiger partial charge in [-0.3, -0.25) is 10.1 Å². The van der Waals surface area contributed by atoms with E-state index < -0.39 is 10.7 Å². The minimum Gasteiger partial charge on any atom is -0.316 e. The molecule has 5 heteroatoms. The van der Waals surface area contributed by atoms with Crippen molar-refractivity contribution in [1.29, 1.82) is 0 Å². The van der Waals surface area contributed by atoms with Gasteiger partial charge >= 0.3 is 0 Å². The van der Waals surface area contributed by atoms with Crippen molar-refractivity contribution >= 4 is 11.8 Å². The Balaban J connectivity index is 3.01. The largest absolute Gasteiger partial charge is 0.316 e. The zero-order chi connectivity index (χ0) is 11.3. The number of benzene rings is 1. The third-order valence-electron chi connectivity index (χ3n) is 1.81. The molecule has 0 aromatic heterocycles. The molecule has 0 aliphatic rings. The van der Waals surface area contributed by atoms with Crippen LogP contribution >= 0.6 is 0 Å². The van der Waals surface area contributed by atoms with Crippen LogP contribution in [0, 0.1) is 15.9 Å². The molecule has 0 heterocycles. The number of nitrogens with one attached hydrogen (secondary N) is 1. The number of likely N-dealkylation sites (N-methyl/N-ethyl adjacent to an activating group) is 1. The number of nitro benzene ring substituents is 1. The molecule has 1 aromatic carbocycles. The normalized spacial score (nSPS) is 10.8. The van der Waals surface area contributed by atoms with E-state index in [1.165, 1.54) is 12.1 Å². The standard InChI is InChI=1S/C10H11FN2O2/c1-12-6-2-3-8-4-5-9(11)7-10(8)13(14)15/h2-5,7,12H,6H2,1H3. The fourth-order valence-corrected chi connectivity index (χ4v) is 1.12. The second-order valence-corrected chi connectivity index (χ2v) is 2.92. The van der Waals surface area contributed by atoms with Gasteiger partial charge in [-0.15, -0.1) is 0 Å². The van der Waals surface area contributed by atoms with Gasteiger partial charge in [0.2, 0.25) is 0 Å². The van der Waals surface area contributed by atoms with E-state index in [4.69, 9.17) is 0 Å². The van der Waals surface area contributed by atoms with E-state index in [1.807, 2.05) is 0 Å². The van der Waals surface area contributed by atoms with Gasteiger partial charge in [-0.05, 0) is 19.2 Å². The van der Waals surface area contributed by atoms with E-state index in [2.05, 4.69) is 5.32 Å². The lowest BCUT2D eigenvalue weighted by atomic mass is 10.1. The van der Waals surface area contributed by atoms with Crippen molar-refractivity contribution in [2.24, 2.45) is 0 Å². The number of nitrogens with zero attached hydrogens (tertiary/aromatic N) is 1. The summed E-state index contributed by atoms with van der Waals surface area (Å²) in [5.41, 5.74) is 0.180. The third kappa shape index (κ3) is 3.14. The molecule has 1 N–H and O–H groups in total. The number of nitro groups is 1. The fraction of sp³-hybridized carbons (Fsp3) is 0.200. The molecule has 0 saturated carbocycles. The van der Waals surface area contributed by atoms with Crippen LogP contribution in [0.1, 0.15) is 5.56 Å². The highest BCUT2D eigenvalue weighted by molar-refractivity contribution is 5.60. The highest BCUT2D eigenvalue weighted by Gasteiger charge is 2.11. The third-order valence-corrected chi connectivity index (χ3v) is 1.81. The zero-order valence-electron chi connectivity index (χ0n) is 8.24. The summed E-state index contributed by atoms with van der Waals surface area (Å²) < 4.78 is 12.8. The maximum absolute atomic E-state index is 12.8. The summed E-state index contributed by atoms with van der Waals surface area (Å²) in [4.78, 5) is 10.0. The van der Waals surface area contributed by atoms with Crippen LogP contribution in [-0.4, -0.2) is 18.5 Å². The first-order valence-electron chi connectivity index (χ1n) is 4.40. The summed E-state index contributed by atoms with van der Waals surface area (Å²) >= 11 is 0. The lowest BCUT2D eigenvalue weighted by molar-refractivity contribution is -0.385. The Morgan fingerprint density at radius 2 is 2.33 bits per heavy atom. The van der Waals surface area contributed by atoms with Gasteiger partial charge in [-0.1, -0.05) is 12.2 Å². The van der Waals surface area contributed by atoms with Crippen LogP contribution in [0.2, 0.25) is 0 Å². The fourth-order valence-electron chi connectivity index (χ4n) is 1.12. The van der Waals surface area contributed by atoms with Crippen LogP contribution < -0.4 is 5.32 Å². The second-order valence-electron chi connectivity index (χ2n) is 2.92. The average molecular weight is 210 g/mol. The topological polar surface area (TPSA) is 55.2 Å². The Labute approximate surface area is 86.6 Å². The molecule has 0 aliphatic heterocycles. The van der Waals surface area contributed by atoms with Crippen molar-refractivity contribution < 1.29 is 9.31 Å². The summed E-state index contributed by atoms with van der Waals surface area (Å²) in [6, 6.07) is 3.50. The molecule has 0 unspecified atom stereocenters. The van der Waals surface area contributed by atoms with Crippen LogP contribution in [0.5, 0.6) is 0 Å². The lowest BCUT2D eigenvalue weighted by Crippen LogP contribution is -2.03. The van der Waals surface area contributed by atoms with Gasteiger partial charge in [0, 0.05) is 6.54 Å². The van der Waals surface area contributed by atoms with Crippen molar-refractivity contribution in [3.05, 3.63) is 45.8 Å². The van der Waals surface area contributed by atoms with Crippen LogP contribution in [0.3, 0.4) is 0 Å². The monoisotopic (exact) mass is 210 g/mol. The molecule has 4 nitrogen and oxygen atoms in total. The molecule has 0 aliphatic carbocycles. The predicted molar refractivity (Wildman–Crippen MR) is 56.0 cm³/mol. The van der Waals surface area contributed by atoms with E-state index in [0.29, 0.717) is 12.1 Å². The van der Waals surface area contributed by atoms with Crippen molar-refractivity contribution in [2.45, 2.75) is 0 Å². The predicted octanol–water partition coefficient (Wildman–Crippen LogP) is 1.97. The minimum atomic E-state index is -0.604. The van der Waals surface area contributed by atoms with E-state index in [9.17, 15) is 14.5 Å². The molecule has 15 heavy (non-hydrogen) atoms. The van der Waals surface area contributed by atoms with Crippen molar-refractivity contribution in [1.82, 2.24) is 5.32 Å². The first-order chi connectivity index (χ1) is 7.15. The van der Waals surface area contributed by atoms with E-state index >= 15 is 0 Å². The SMILES string of the molecule is CNCC=Cc1ccc(F)cc1[N+](=O)[O-]. The molecule has 0 radical (unpaired) electrons. The van der Waals surface area contributed by atoms with Gasteiger partial charge in [0.05, 0.1) is 16.6 Å². The Bertz CT molecular complexity index is 391. The second kappa shape index (κ2) is 5.21. The highest BCUT2D eigenvalue weighted by Crippen LogP contribution is 2.20. The summed E-state index contributed by atoms with van der Waals surface area (Å²) in [6.45, 7) is 0.606. The Hall–Kier alpha value is -1.75. The van der Waals surface area contributed by atoms with Gasteiger partial charge in [-0.2, -0.15) is 0 Å². The van der Waals surface area contributed by atoms with Gasteiger partial charge in [0.1, 0.15) is 5.82 Å². The Kier molecular flexibility index (Phi) is 3.93. The van der Waals surface area contributed by atoms with Crippen molar-refractivity contribution in [2.75, 3.05) is 13.6 Å². The summed E-state index contributed by atoms with van der Waals surface area (Å²) in [5, 5.41) is 13.5. The summed E-state index contributed by atoms with van der Waals surface area (Å²) in [7, 11) is 1.77. The van der Waals surface area contributed by atoms with Gasteiger partial charge in [-0.25, -0.2) is 4.39 Å². The first kappa shape index (κ1) is 11.3. The number of rotatable bonds is 4. The van der Waals surface area contributed by atoms with Gasteiger partial charge in [0.15, 0.2) is 0 Å². The smallest absolute Gasteiger partial charge is 0.279 e. The molecule has 0 amide bonds. The molecule has 0 fully saturated rings. The van der Waals surface area contributed by atoms with E-state index in [0.717, 1.165) is 6.07 Å². The molecule has 1 aromatic rings. The molecule has 0 atom stereocenters. The molecule has 1 rings (SSSR count). The number of halogens is 1. The van der Waals surface area contributed by atoms with Crippen molar-refractivity contribution in [3.63, 3.8) is 0 Å². The highest BCUT2D eigenvalue weighted by atomic mass is 19.1. The van der Waals surface area contributed by atoms with Gasteiger partial charge in [0.25, 0.3) is 5.69 Å². The van der Waals surface area contributed by atoms with Crippen LogP contribution in [0.15, 0.2) is 24.3 Å². The van der Waals surface area contributed by atoms with Crippen LogP contribution in [0.4, 0.5) is 10.1 Å². The molecular formula is C10H11FN2O2. The number of hydrogen-bond donors (Lipinski definition) is 1. The lowest BCUT2D eigenvalue weighted by Gasteiger charge is -1.97. The van der Waals surface area contributed by atoms with Crippen molar-refractivity contribution in [3.8, 4) is 0 Å². The van der Waals surface area contributed by atoms with Crippen LogP contribution in [0.25, 0.3) is 6.08 Å². The molecule has 0 bridgehead atoms. The maximum Gasteiger partial charge on any atom is 0.279 e. The van der Waals surface area contributed by atoms with Gasteiger partial charge < -0.3 is 5.32 Å². The molecule has 0 spiro atoms. The van der Waals surface area contributed by atoms with E-state index in [1.54, 1.807) is 19.2 Å². The van der Waals surface area contributed by atoms with E-state index in [-0.39, 0.29) is 5.69 Å². The minimum absolute atomic E-state index is 0.220. The quantitative estimate of drug-likeness (QED) is 0.610. The maximum atomic E-state index is 12.8. The molecular weight excluding hydrogens is 199 g/mol. The Morgan fingerprint density at radius 1 is 1.60 bits per heavy atom. The number of hydrogen-bond acceptors (Lipinski definition) is 3.